The van der Waals surface area contributed by atoms with Crippen LogP contribution in [0.4, 0.5) is 5.95 Å². The number of carbonyl (C=O) groups excluding carboxylic acids is 1. The number of aromatic nitrogens is 4. The fourth-order valence-electron chi connectivity index (χ4n) is 3.78. The molecule has 13 heteroatoms. The van der Waals surface area contributed by atoms with Crippen LogP contribution in [0.5, 0.6) is 5.75 Å². The van der Waals surface area contributed by atoms with Gasteiger partial charge in [-0.3, -0.25) is 4.79 Å². The molecule has 0 aliphatic heterocycles. The number of carbonyl (C=O) groups is 1. The highest BCUT2D eigenvalue weighted by Gasteiger charge is 2.35. The van der Waals surface area contributed by atoms with Crippen LogP contribution < -0.4 is 15.3 Å². The van der Waals surface area contributed by atoms with E-state index in [1.165, 1.54) is 0 Å². The molecule has 2 heterocycles. The van der Waals surface area contributed by atoms with Crippen LogP contribution in [0.2, 0.25) is 5.02 Å². The number of benzene rings is 1. The Bertz CT molecular complexity index is 1210. The molecule has 11 nitrogen and oxygen atoms in total. The number of nitrogens with one attached hydrogen (secondary N) is 1. The molecular formula is C26H38ClN6O5P. The Morgan fingerprint density at radius 2 is 1.95 bits per heavy atom. The molecule has 1 aromatic carbocycles. The molecule has 3 rings (SSSR count). The number of esters is 1. The van der Waals surface area contributed by atoms with E-state index in [0.717, 1.165) is 12.8 Å². The zero-order chi connectivity index (χ0) is 28.6. The van der Waals surface area contributed by atoms with E-state index >= 15 is 0 Å². The van der Waals surface area contributed by atoms with Gasteiger partial charge >= 0.3 is 14.5 Å². The van der Waals surface area contributed by atoms with Crippen molar-refractivity contribution in [3.05, 3.63) is 41.8 Å². The van der Waals surface area contributed by atoms with Crippen molar-refractivity contribution in [1.29, 1.82) is 0 Å². The molecule has 39 heavy (non-hydrogen) atoms. The SMILES string of the molecule is CCCC(C)OC(=O)C(C)(C)NP(OCC(CC(C)n1cnc2cnc(N)nc21)OC)Oc1ccc(Cl)cc1. The molecule has 4 unspecified atom stereocenters. The van der Waals surface area contributed by atoms with Crippen LogP contribution in [-0.2, 0) is 18.8 Å². The van der Waals surface area contributed by atoms with Gasteiger partial charge in [0.2, 0.25) is 5.95 Å². The van der Waals surface area contributed by atoms with Crippen molar-refractivity contribution in [3.8, 4) is 5.75 Å². The van der Waals surface area contributed by atoms with E-state index < -0.39 is 14.1 Å². The van der Waals surface area contributed by atoms with E-state index in [9.17, 15) is 4.79 Å². The van der Waals surface area contributed by atoms with Crippen LogP contribution >= 0.6 is 20.1 Å². The van der Waals surface area contributed by atoms with Gasteiger partial charge in [-0.05, 0) is 64.8 Å². The van der Waals surface area contributed by atoms with Crippen molar-refractivity contribution in [2.45, 2.75) is 77.7 Å². The number of methoxy groups -OCH3 is 1. The zero-order valence-corrected chi connectivity index (χ0v) is 24.9. The van der Waals surface area contributed by atoms with Crippen molar-refractivity contribution >= 4 is 43.2 Å². The van der Waals surface area contributed by atoms with E-state index in [0.29, 0.717) is 28.4 Å². The van der Waals surface area contributed by atoms with Gasteiger partial charge in [0.05, 0.1) is 31.3 Å². The predicted molar refractivity (Wildman–Crippen MR) is 152 cm³/mol. The van der Waals surface area contributed by atoms with Gasteiger partial charge < -0.3 is 28.8 Å². The van der Waals surface area contributed by atoms with Gasteiger partial charge in [-0.15, -0.1) is 0 Å². The van der Waals surface area contributed by atoms with Gasteiger partial charge in [-0.2, -0.15) is 4.98 Å². The number of imidazole rings is 1. The van der Waals surface area contributed by atoms with Gasteiger partial charge in [0, 0.05) is 18.2 Å². The summed E-state index contributed by atoms with van der Waals surface area (Å²) in [7, 11) is -0.147. The molecule has 0 radical (unpaired) electrons. The lowest BCUT2D eigenvalue weighted by molar-refractivity contribution is -0.154. The lowest BCUT2D eigenvalue weighted by atomic mass is 10.1. The normalized spacial score (nSPS) is 15.1. The largest absolute Gasteiger partial charge is 0.461 e. The number of fused-ring (bicyclic) bond motifs is 1. The van der Waals surface area contributed by atoms with Crippen LogP contribution in [0.3, 0.4) is 0 Å². The van der Waals surface area contributed by atoms with Crippen molar-refractivity contribution in [3.63, 3.8) is 0 Å². The minimum absolute atomic E-state index is 0.0271. The van der Waals surface area contributed by atoms with E-state index in [4.69, 9.17) is 35.9 Å². The molecule has 3 aromatic rings. The molecule has 0 saturated heterocycles. The van der Waals surface area contributed by atoms with E-state index in [2.05, 4.69) is 20.0 Å². The third kappa shape index (κ3) is 8.98. The molecule has 0 spiro atoms. The van der Waals surface area contributed by atoms with Crippen molar-refractivity contribution in [2.75, 3.05) is 19.5 Å². The monoisotopic (exact) mass is 580 g/mol. The second-order valence-electron chi connectivity index (χ2n) is 9.87. The Morgan fingerprint density at radius 3 is 2.62 bits per heavy atom. The lowest BCUT2D eigenvalue weighted by Crippen LogP contribution is -2.47. The topological polar surface area (TPSA) is 136 Å². The Kier molecular flexibility index (Phi) is 11.3. The molecular weight excluding hydrogens is 543 g/mol. The molecule has 0 aliphatic rings. The molecule has 0 saturated carbocycles. The molecule has 0 aliphatic carbocycles. The Balaban J connectivity index is 1.70. The van der Waals surface area contributed by atoms with Crippen LogP contribution in [0.1, 0.15) is 59.9 Å². The van der Waals surface area contributed by atoms with Crippen molar-refractivity contribution in [1.82, 2.24) is 24.6 Å². The van der Waals surface area contributed by atoms with Gasteiger partial charge in [-0.1, -0.05) is 24.9 Å². The summed E-state index contributed by atoms with van der Waals surface area (Å²) in [5.74, 6) is 0.347. The van der Waals surface area contributed by atoms with Crippen LogP contribution in [0, 0.1) is 0 Å². The predicted octanol–water partition coefficient (Wildman–Crippen LogP) is 5.45. The van der Waals surface area contributed by atoms with Crippen LogP contribution in [-0.4, -0.2) is 57.0 Å². The summed E-state index contributed by atoms with van der Waals surface area (Å²) in [6.07, 6.45) is 5.12. The first-order valence-electron chi connectivity index (χ1n) is 12.9. The number of ether oxygens (including phenoxy) is 2. The van der Waals surface area contributed by atoms with Crippen molar-refractivity contribution < 1.29 is 23.3 Å². The molecule has 0 amide bonds. The highest BCUT2D eigenvalue weighted by Crippen LogP contribution is 2.39. The number of anilines is 1. The number of hydrogen-bond acceptors (Lipinski definition) is 10. The highest BCUT2D eigenvalue weighted by molar-refractivity contribution is 7.45. The number of rotatable bonds is 15. The quantitative estimate of drug-likeness (QED) is 0.176. The first kappa shape index (κ1) is 31.0. The average molecular weight is 581 g/mol. The lowest BCUT2D eigenvalue weighted by Gasteiger charge is -2.30. The minimum Gasteiger partial charge on any atom is -0.461 e. The summed E-state index contributed by atoms with van der Waals surface area (Å²) in [6.45, 7) is 9.65. The average Bonchev–Trinajstić information content (AvgIpc) is 3.30. The summed E-state index contributed by atoms with van der Waals surface area (Å²) in [5, 5.41) is 3.79. The smallest absolute Gasteiger partial charge is 0.326 e. The van der Waals surface area contributed by atoms with Gasteiger partial charge in [0.1, 0.15) is 16.8 Å². The summed E-state index contributed by atoms with van der Waals surface area (Å²) in [4.78, 5) is 25.6. The van der Waals surface area contributed by atoms with Crippen molar-refractivity contribution in [2.24, 2.45) is 0 Å². The Morgan fingerprint density at radius 1 is 1.23 bits per heavy atom. The Labute approximate surface area is 235 Å². The summed E-state index contributed by atoms with van der Waals surface area (Å²) in [5.41, 5.74) is 6.03. The standard InChI is InChI=1S/C26H38ClN6O5P/c1-7-8-18(3)37-24(34)26(4,5)32-39(38-20-11-9-19(27)10-12-20)36-15-21(35-6)13-17(2)33-16-30-22-14-29-25(28)31-23(22)33/h9-12,14,16-18,21,32H,7-8,13,15H2,1-6H3,(H2,28,29,31). The number of nitrogens with two attached hydrogens (primary N) is 1. The first-order valence-corrected chi connectivity index (χ1v) is 14.4. The Hall–Kier alpha value is -2.56. The molecule has 0 bridgehead atoms. The van der Waals surface area contributed by atoms with Gasteiger partial charge in [-0.25, -0.2) is 15.1 Å². The molecule has 214 valence electrons. The number of hydrogen-bond donors (Lipinski definition) is 2. The molecule has 0 fully saturated rings. The zero-order valence-electron chi connectivity index (χ0n) is 23.3. The maximum absolute atomic E-state index is 12.9. The second kappa shape index (κ2) is 14.2. The van der Waals surface area contributed by atoms with E-state index in [1.807, 2.05) is 25.3 Å². The maximum atomic E-state index is 12.9. The second-order valence-corrected chi connectivity index (χ2v) is 11.5. The molecule has 2 aromatic heterocycles. The van der Waals surface area contributed by atoms with Crippen LogP contribution in [0.25, 0.3) is 11.2 Å². The van der Waals surface area contributed by atoms with E-state index in [-0.39, 0.29) is 36.8 Å². The van der Waals surface area contributed by atoms with Crippen LogP contribution in [0.15, 0.2) is 36.8 Å². The third-order valence-electron chi connectivity index (χ3n) is 6.01. The number of nitrogen functional groups attached to an aromatic ring is 1. The minimum atomic E-state index is -1.77. The summed E-state index contributed by atoms with van der Waals surface area (Å²) >= 11 is 6.03. The molecule has 4 atom stereocenters. The fourth-order valence-corrected chi connectivity index (χ4v) is 5.23. The molecule has 3 N–H and O–H groups in total. The van der Waals surface area contributed by atoms with Gasteiger partial charge in [0.25, 0.3) is 0 Å². The highest BCUT2D eigenvalue weighted by atomic mass is 35.5. The number of nitrogens with zero attached hydrogens (tertiary/aromatic N) is 4. The summed E-state index contributed by atoms with van der Waals surface area (Å²) in [6, 6.07) is 6.90. The summed E-state index contributed by atoms with van der Waals surface area (Å²) < 4.78 is 25.6. The van der Waals surface area contributed by atoms with Gasteiger partial charge in [0.15, 0.2) is 5.65 Å². The number of halogens is 1. The third-order valence-corrected chi connectivity index (χ3v) is 7.76. The van der Waals surface area contributed by atoms with E-state index in [1.54, 1.807) is 57.7 Å². The fraction of sp³-hybridized carbons (Fsp3) is 0.538. The maximum Gasteiger partial charge on any atom is 0.326 e. The first-order chi connectivity index (χ1) is 18.5.